The van der Waals surface area contributed by atoms with Crippen molar-refractivity contribution in [1.82, 2.24) is 4.98 Å². The Morgan fingerprint density at radius 1 is 1.42 bits per heavy atom. The Morgan fingerprint density at radius 2 is 2.25 bits per heavy atom. The quantitative estimate of drug-likeness (QED) is 0.478. The summed E-state index contributed by atoms with van der Waals surface area (Å²) in [5.41, 5.74) is 2.26. The van der Waals surface area contributed by atoms with E-state index in [4.69, 9.17) is 7.85 Å². The molecule has 0 unspecified atom stereocenters. The van der Waals surface area contributed by atoms with Crippen molar-refractivity contribution < 1.29 is 4.79 Å². The van der Waals surface area contributed by atoms with Crippen LogP contribution in [0.2, 0.25) is 0 Å². The first kappa shape index (κ1) is 7.16. The maximum Gasteiger partial charge on any atom is 0.152 e. The number of H-pyrrole nitrogens is 1. The Hall–Kier alpha value is -1.51. The smallest absolute Gasteiger partial charge is 0.152 e. The highest BCUT2D eigenvalue weighted by Gasteiger charge is 2.00. The average Bonchev–Trinajstić information content (AvgIpc) is 2.46. The average molecular weight is 155 g/mol. The number of hydrogen-bond donors (Lipinski definition) is 1. The fourth-order valence-corrected chi connectivity index (χ4v) is 1.26. The normalized spacial score (nSPS) is 10.3. The number of hydrogen-bond acceptors (Lipinski definition) is 1. The van der Waals surface area contributed by atoms with Crippen LogP contribution in [0, 0.1) is 0 Å². The fourth-order valence-electron chi connectivity index (χ4n) is 1.26. The first-order chi connectivity index (χ1) is 5.81. The van der Waals surface area contributed by atoms with Gasteiger partial charge in [-0.05, 0) is 6.07 Å². The van der Waals surface area contributed by atoms with Crippen LogP contribution in [0.4, 0.5) is 0 Å². The summed E-state index contributed by atoms with van der Waals surface area (Å²) in [6, 6.07) is 5.45. The van der Waals surface area contributed by atoms with Gasteiger partial charge in [-0.2, -0.15) is 0 Å². The molecule has 56 valence electrons. The van der Waals surface area contributed by atoms with E-state index in [0.29, 0.717) is 11.0 Å². The third kappa shape index (κ3) is 0.943. The van der Waals surface area contributed by atoms with Gasteiger partial charge in [-0.1, -0.05) is 17.6 Å². The van der Waals surface area contributed by atoms with Crippen LogP contribution in [0.15, 0.2) is 24.4 Å². The van der Waals surface area contributed by atoms with E-state index >= 15 is 0 Å². The second-order valence-electron chi connectivity index (χ2n) is 2.67. The Morgan fingerprint density at radius 3 is 3.00 bits per heavy atom. The zero-order valence-electron chi connectivity index (χ0n) is 6.37. The topological polar surface area (TPSA) is 32.9 Å². The molecule has 1 aromatic heterocycles. The minimum atomic E-state index is 0.650. The van der Waals surface area contributed by atoms with E-state index in [2.05, 4.69) is 4.98 Å². The maximum absolute atomic E-state index is 10.5. The number of aromatic amines is 1. The molecule has 0 bridgehead atoms. The summed E-state index contributed by atoms with van der Waals surface area (Å²) in [7, 11) is 5.58. The van der Waals surface area contributed by atoms with Gasteiger partial charge >= 0.3 is 0 Å². The lowest BCUT2D eigenvalue weighted by Gasteiger charge is -1.92. The third-order valence-electron chi connectivity index (χ3n) is 1.86. The number of fused-ring (bicyclic) bond motifs is 1. The number of carbonyl (C=O) groups is 1. The Labute approximate surface area is 71.0 Å². The molecule has 0 atom stereocenters. The summed E-state index contributed by atoms with van der Waals surface area (Å²) in [6.45, 7) is 0. The van der Waals surface area contributed by atoms with E-state index in [0.717, 1.165) is 17.2 Å². The summed E-state index contributed by atoms with van der Waals surface area (Å²) in [4.78, 5) is 13.5. The first-order valence-electron chi connectivity index (χ1n) is 3.63. The van der Waals surface area contributed by atoms with E-state index in [-0.39, 0.29) is 0 Å². The van der Waals surface area contributed by atoms with Gasteiger partial charge in [0.2, 0.25) is 0 Å². The molecule has 1 heterocycles. The predicted molar refractivity (Wildman–Crippen MR) is 49.1 cm³/mol. The van der Waals surface area contributed by atoms with Gasteiger partial charge in [0.1, 0.15) is 7.85 Å². The number of benzene rings is 1. The zero-order chi connectivity index (χ0) is 8.55. The van der Waals surface area contributed by atoms with Crippen LogP contribution < -0.4 is 5.46 Å². The molecule has 1 aromatic carbocycles. The molecule has 0 aliphatic heterocycles. The summed E-state index contributed by atoms with van der Waals surface area (Å²) < 4.78 is 0. The van der Waals surface area contributed by atoms with Crippen molar-refractivity contribution >= 4 is 30.5 Å². The second kappa shape index (κ2) is 2.52. The lowest BCUT2D eigenvalue weighted by Crippen LogP contribution is -1.99. The fraction of sp³-hybridized carbons (Fsp3) is 0. The monoisotopic (exact) mass is 155 g/mol. The lowest BCUT2D eigenvalue weighted by molar-refractivity contribution is 0.112. The molecule has 1 N–H and O–H groups in total. The number of carbonyl (C=O) groups excluding carboxylic acids is 1. The third-order valence-corrected chi connectivity index (χ3v) is 1.86. The molecule has 2 rings (SSSR count). The number of aldehydes is 1. The summed E-state index contributed by atoms with van der Waals surface area (Å²) in [5, 5.41) is 0.880. The van der Waals surface area contributed by atoms with Gasteiger partial charge in [-0.3, -0.25) is 4.79 Å². The van der Waals surface area contributed by atoms with Crippen molar-refractivity contribution in [1.29, 1.82) is 0 Å². The van der Waals surface area contributed by atoms with Crippen LogP contribution >= 0.6 is 0 Å². The van der Waals surface area contributed by atoms with Crippen LogP contribution in [0.1, 0.15) is 10.4 Å². The van der Waals surface area contributed by atoms with E-state index in [9.17, 15) is 4.79 Å². The molecular formula is C9H6BNO. The molecule has 0 amide bonds. The SMILES string of the molecule is [B]c1ccc2[nH]cc(C=O)c2c1. The predicted octanol–water partition coefficient (Wildman–Crippen LogP) is 0.774. The molecule has 0 saturated carbocycles. The van der Waals surface area contributed by atoms with Crippen LogP contribution in [-0.2, 0) is 0 Å². The van der Waals surface area contributed by atoms with Crippen LogP contribution in [0.3, 0.4) is 0 Å². The van der Waals surface area contributed by atoms with Gasteiger partial charge < -0.3 is 4.98 Å². The van der Waals surface area contributed by atoms with Gasteiger partial charge in [0.05, 0.1) is 0 Å². The van der Waals surface area contributed by atoms with Gasteiger partial charge in [-0.25, -0.2) is 0 Å². The molecule has 12 heavy (non-hydrogen) atoms. The van der Waals surface area contributed by atoms with Crippen molar-refractivity contribution in [3.63, 3.8) is 0 Å². The van der Waals surface area contributed by atoms with Crippen LogP contribution in [0.25, 0.3) is 10.9 Å². The van der Waals surface area contributed by atoms with Crippen molar-refractivity contribution in [3.8, 4) is 0 Å². The van der Waals surface area contributed by atoms with Crippen LogP contribution in [-0.4, -0.2) is 19.1 Å². The van der Waals surface area contributed by atoms with E-state index in [1.807, 2.05) is 6.07 Å². The number of aromatic nitrogens is 1. The molecule has 0 aliphatic rings. The van der Waals surface area contributed by atoms with Crippen molar-refractivity contribution in [3.05, 3.63) is 30.0 Å². The Bertz CT molecular complexity index is 433. The van der Waals surface area contributed by atoms with E-state index in [1.54, 1.807) is 18.3 Å². The van der Waals surface area contributed by atoms with E-state index < -0.39 is 0 Å². The lowest BCUT2D eigenvalue weighted by atomic mass is 9.94. The van der Waals surface area contributed by atoms with Crippen LogP contribution in [0.5, 0.6) is 0 Å². The Balaban J connectivity index is 2.83. The Kier molecular flexibility index (Phi) is 1.50. The molecule has 2 radical (unpaired) electrons. The van der Waals surface area contributed by atoms with E-state index in [1.165, 1.54) is 0 Å². The summed E-state index contributed by atoms with van der Waals surface area (Å²) in [5.74, 6) is 0. The second-order valence-corrected chi connectivity index (χ2v) is 2.67. The minimum absolute atomic E-state index is 0.650. The van der Waals surface area contributed by atoms with Crippen molar-refractivity contribution in [2.75, 3.05) is 0 Å². The molecule has 0 spiro atoms. The van der Waals surface area contributed by atoms with Gasteiger partial charge in [0, 0.05) is 22.7 Å². The highest BCUT2D eigenvalue weighted by molar-refractivity contribution is 6.33. The van der Waals surface area contributed by atoms with Crippen molar-refractivity contribution in [2.24, 2.45) is 0 Å². The molecule has 0 aliphatic carbocycles. The first-order valence-corrected chi connectivity index (χ1v) is 3.63. The molecule has 0 saturated heterocycles. The highest BCUT2D eigenvalue weighted by Crippen LogP contribution is 2.14. The maximum atomic E-state index is 10.5. The minimum Gasteiger partial charge on any atom is -0.360 e. The molecule has 0 fully saturated rings. The molecule has 3 heteroatoms. The van der Waals surface area contributed by atoms with Gasteiger partial charge in [-0.15, -0.1) is 0 Å². The van der Waals surface area contributed by atoms with Gasteiger partial charge in [0.25, 0.3) is 0 Å². The van der Waals surface area contributed by atoms with Crippen molar-refractivity contribution in [2.45, 2.75) is 0 Å². The number of nitrogens with one attached hydrogen (secondary N) is 1. The standard InChI is InChI=1S/C9H6BNO/c10-7-1-2-9-8(3-7)6(5-12)4-11-9/h1-5,11H. The molecule has 2 nitrogen and oxygen atoms in total. The summed E-state index contributed by atoms with van der Waals surface area (Å²) in [6.07, 6.45) is 2.50. The molecular weight excluding hydrogens is 149 g/mol. The summed E-state index contributed by atoms with van der Waals surface area (Å²) >= 11 is 0. The largest absolute Gasteiger partial charge is 0.360 e. The number of rotatable bonds is 1. The van der Waals surface area contributed by atoms with Gasteiger partial charge in [0.15, 0.2) is 6.29 Å². The zero-order valence-corrected chi connectivity index (χ0v) is 6.37. The molecule has 2 aromatic rings. The highest BCUT2D eigenvalue weighted by atomic mass is 16.1.